The maximum Gasteiger partial charge on any atom is 0.319 e. The first-order chi connectivity index (χ1) is 6.75. The van der Waals surface area contributed by atoms with E-state index in [4.69, 9.17) is 16.3 Å². The molecule has 72 valence electrons. The Bertz CT molecular complexity index is 432. The van der Waals surface area contributed by atoms with E-state index in [-0.39, 0.29) is 0 Å². The fraction of sp³-hybridized carbons (Fsp3) is 0.125. The van der Waals surface area contributed by atoms with Crippen LogP contribution in [-0.4, -0.2) is 14.8 Å². The Hall–Kier alpha value is -1.20. The van der Waals surface area contributed by atoms with Gasteiger partial charge in [0, 0.05) is 16.6 Å². The Labute approximate surface area is 89.6 Å². The Morgan fingerprint density at radius 1 is 1.43 bits per heavy atom. The molecule has 0 spiro atoms. The second kappa shape index (κ2) is 3.89. The molecule has 0 amide bonds. The van der Waals surface area contributed by atoms with Gasteiger partial charge in [0.2, 0.25) is 0 Å². The van der Waals surface area contributed by atoms with Gasteiger partial charge in [-0.3, -0.25) is 0 Å². The first kappa shape index (κ1) is 9.36. The van der Waals surface area contributed by atoms with Crippen LogP contribution in [-0.2, 0) is 0 Å². The summed E-state index contributed by atoms with van der Waals surface area (Å²) in [6.45, 7) is 1.91. The van der Waals surface area contributed by atoms with Gasteiger partial charge in [-0.25, -0.2) is 0 Å². The standard InChI is InChI=1S/C8H6ClN3OS/c1-5-4-6(2-3-7(5)9)13-8-10-11-12-14-8/h2-4H,1H3. The smallest absolute Gasteiger partial charge is 0.319 e. The quantitative estimate of drug-likeness (QED) is 0.792. The number of aryl methyl sites for hydroxylation is 1. The molecule has 2 aromatic rings. The molecule has 0 aliphatic rings. The fourth-order valence-electron chi connectivity index (χ4n) is 0.947. The number of halogens is 1. The van der Waals surface area contributed by atoms with E-state index in [1.807, 2.05) is 13.0 Å². The van der Waals surface area contributed by atoms with Gasteiger partial charge < -0.3 is 4.74 Å². The summed E-state index contributed by atoms with van der Waals surface area (Å²) in [5.74, 6) is 0.686. The van der Waals surface area contributed by atoms with Crippen molar-refractivity contribution >= 4 is 23.1 Å². The molecule has 14 heavy (non-hydrogen) atoms. The van der Waals surface area contributed by atoms with Crippen LogP contribution in [0.4, 0.5) is 0 Å². The lowest BCUT2D eigenvalue weighted by molar-refractivity contribution is 0.472. The number of ether oxygens (including phenoxy) is 1. The average Bonchev–Trinajstić information content (AvgIpc) is 2.64. The van der Waals surface area contributed by atoms with Crippen molar-refractivity contribution < 1.29 is 4.74 Å². The Morgan fingerprint density at radius 2 is 2.29 bits per heavy atom. The van der Waals surface area contributed by atoms with Crippen LogP contribution in [0.25, 0.3) is 0 Å². The van der Waals surface area contributed by atoms with Gasteiger partial charge in [0.25, 0.3) is 0 Å². The molecule has 0 fully saturated rings. The maximum atomic E-state index is 5.87. The van der Waals surface area contributed by atoms with Crippen molar-refractivity contribution in [2.75, 3.05) is 0 Å². The van der Waals surface area contributed by atoms with E-state index >= 15 is 0 Å². The highest BCUT2D eigenvalue weighted by molar-refractivity contribution is 7.07. The van der Waals surface area contributed by atoms with Crippen LogP contribution in [0.15, 0.2) is 18.2 Å². The van der Waals surface area contributed by atoms with Crippen molar-refractivity contribution in [3.8, 4) is 10.9 Å². The third-order valence-electron chi connectivity index (χ3n) is 1.62. The molecule has 0 unspecified atom stereocenters. The number of benzene rings is 1. The highest BCUT2D eigenvalue weighted by atomic mass is 35.5. The summed E-state index contributed by atoms with van der Waals surface area (Å²) in [5, 5.41) is 8.23. The number of nitrogens with zero attached hydrogens (tertiary/aromatic N) is 3. The second-order valence-corrected chi connectivity index (χ2v) is 3.74. The van der Waals surface area contributed by atoms with Crippen molar-refractivity contribution in [2.45, 2.75) is 6.92 Å². The molecular weight excluding hydrogens is 222 g/mol. The highest BCUT2D eigenvalue weighted by Gasteiger charge is 2.02. The topological polar surface area (TPSA) is 47.9 Å². The maximum absolute atomic E-state index is 5.87. The van der Waals surface area contributed by atoms with Crippen LogP contribution in [0.2, 0.25) is 5.02 Å². The predicted molar refractivity (Wildman–Crippen MR) is 54.0 cm³/mol. The first-order valence-corrected chi connectivity index (χ1v) is 5.00. The van der Waals surface area contributed by atoms with E-state index in [9.17, 15) is 0 Å². The number of hydrogen-bond donors (Lipinski definition) is 0. The summed E-state index contributed by atoms with van der Waals surface area (Å²) in [6.07, 6.45) is 0. The molecule has 0 saturated heterocycles. The van der Waals surface area contributed by atoms with Gasteiger partial charge in [0.1, 0.15) is 5.75 Å². The zero-order valence-electron chi connectivity index (χ0n) is 7.27. The van der Waals surface area contributed by atoms with E-state index < -0.39 is 0 Å². The lowest BCUT2D eigenvalue weighted by Gasteiger charge is -2.02. The molecular formula is C8H6ClN3OS. The number of rotatable bonds is 2. The monoisotopic (exact) mass is 227 g/mol. The van der Waals surface area contributed by atoms with E-state index in [0.717, 1.165) is 17.1 Å². The molecule has 1 heterocycles. The third-order valence-corrected chi connectivity index (χ3v) is 2.52. The van der Waals surface area contributed by atoms with Crippen molar-refractivity contribution in [2.24, 2.45) is 0 Å². The van der Waals surface area contributed by atoms with Crippen molar-refractivity contribution in [3.05, 3.63) is 28.8 Å². The molecule has 0 radical (unpaired) electrons. The zero-order valence-corrected chi connectivity index (χ0v) is 8.84. The predicted octanol–water partition coefficient (Wildman–Crippen LogP) is 2.69. The highest BCUT2D eigenvalue weighted by Crippen LogP contribution is 2.25. The van der Waals surface area contributed by atoms with Crippen molar-refractivity contribution in [1.82, 2.24) is 14.8 Å². The molecule has 0 aliphatic carbocycles. The number of hydrogen-bond acceptors (Lipinski definition) is 5. The summed E-state index contributed by atoms with van der Waals surface area (Å²) in [5.41, 5.74) is 0.960. The van der Waals surface area contributed by atoms with Crippen molar-refractivity contribution in [1.29, 1.82) is 0 Å². The lowest BCUT2D eigenvalue weighted by atomic mass is 10.2. The normalized spacial score (nSPS) is 10.1. The summed E-state index contributed by atoms with van der Waals surface area (Å²) in [4.78, 5) is 0. The molecule has 1 aromatic carbocycles. The zero-order chi connectivity index (χ0) is 9.97. The van der Waals surface area contributed by atoms with Gasteiger partial charge in [0.15, 0.2) is 0 Å². The second-order valence-electron chi connectivity index (χ2n) is 2.64. The first-order valence-electron chi connectivity index (χ1n) is 3.85. The van der Waals surface area contributed by atoms with Gasteiger partial charge in [-0.15, -0.1) is 0 Å². The molecule has 0 N–H and O–H groups in total. The van der Waals surface area contributed by atoms with Crippen molar-refractivity contribution in [3.63, 3.8) is 0 Å². The van der Waals surface area contributed by atoms with Gasteiger partial charge >= 0.3 is 5.19 Å². The van der Waals surface area contributed by atoms with Gasteiger partial charge in [-0.2, -0.15) is 0 Å². The Kier molecular flexibility index (Phi) is 2.60. The summed E-state index contributed by atoms with van der Waals surface area (Å²) < 4.78 is 8.97. The molecule has 2 rings (SSSR count). The third kappa shape index (κ3) is 2.00. The van der Waals surface area contributed by atoms with Crippen LogP contribution < -0.4 is 4.74 Å². The molecule has 4 nitrogen and oxygen atoms in total. The molecule has 0 saturated carbocycles. The summed E-state index contributed by atoms with van der Waals surface area (Å²) >= 11 is 6.97. The minimum Gasteiger partial charge on any atom is -0.429 e. The van der Waals surface area contributed by atoms with Crippen LogP contribution in [0.5, 0.6) is 10.9 Å². The molecule has 6 heteroatoms. The largest absolute Gasteiger partial charge is 0.429 e. The van der Waals surface area contributed by atoms with Crippen LogP contribution >= 0.6 is 23.1 Å². The van der Waals surface area contributed by atoms with E-state index in [2.05, 4.69) is 14.8 Å². The summed E-state index contributed by atoms with van der Waals surface area (Å²) in [7, 11) is 0. The van der Waals surface area contributed by atoms with Crippen LogP contribution in [0.1, 0.15) is 5.56 Å². The molecule has 1 aromatic heterocycles. The summed E-state index contributed by atoms with van der Waals surface area (Å²) in [6, 6.07) is 5.39. The van der Waals surface area contributed by atoms with E-state index in [1.165, 1.54) is 0 Å². The van der Waals surface area contributed by atoms with Crippen LogP contribution in [0, 0.1) is 6.92 Å². The fourth-order valence-corrected chi connectivity index (χ4v) is 1.41. The molecule has 0 bridgehead atoms. The molecule has 0 atom stereocenters. The minimum absolute atomic E-state index is 0.423. The van der Waals surface area contributed by atoms with Gasteiger partial charge in [0.05, 0.1) is 0 Å². The Morgan fingerprint density at radius 3 is 2.93 bits per heavy atom. The number of aromatic nitrogens is 3. The molecule has 0 aliphatic heterocycles. The average molecular weight is 228 g/mol. The van der Waals surface area contributed by atoms with E-state index in [0.29, 0.717) is 16.0 Å². The minimum atomic E-state index is 0.423. The van der Waals surface area contributed by atoms with Crippen LogP contribution in [0.3, 0.4) is 0 Å². The Balaban J connectivity index is 2.22. The van der Waals surface area contributed by atoms with Gasteiger partial charge in [-0.05, 0) is 35.9 Å². The SMILES string of the molecule is Cc1cc(Oc2nnns2)ccc1Cl. The lowest BCUT2D eigenvalue weighted by Crippen LogP contribution is -1.84. The van der Waals surface area contributed by atoms with Gasteiger partial charge in [-0.1, -0.05) is 21.2 Å². The van der Waals surface area contributed by atoms with E-state index in [1.54, 1.807) is 12.1 Å².